The van der Waals surface area contributed by atoms with Crippen LogP contribution in [-0.2, 0) is 9.59 Å². The van der Waals surface area contributed by atoms with E-state index in [0.717, 1.165) is 18.8 Å². The smallest absolute Gasteiger partial charge is 0.240 e. The first-order valence-corrected chi connectivity index (χ1v) is 7.79. The molecule has 0 atom stereocenters. The number of anilines is 1. The van der Waals surface area contributed by atoms with E-state index in [1.165, 1.54) is 6.08 Å². The third-order valence-electron chi connectivity index (χ3n) is 3.66. The molecule has 2 rings (SSSR count). The van der Waals surface area contributed by atoms with Crippen molar-refractivity contribution in [3.05, 3.63) is 23.2 Å². The van der Waals surface area contributed by atoms with Crippen molar-refractivity contribution in [1.29, 1.82) is 0 Å². The van der Waals surface area contributed by atoms with Gasteiger partial charge in [-0.25, -0.2) is 4.79 Å². The highest BCUT2D eigenvalue weighted by molar-refractivity contribution is 6.33. The van der Waals surface area contributed by atoms with Crippen LogP contribution in [0, 0.1) is 5.92 Å². The molecule has 1 heterocycles. The van der Waals surface area contributed by atoms with Gasteiger partial charge in [0.25, 0.3) is 0 Å². The van der Waals surface area contributed by atoms with E-state index in [0.29, 0.717) is 36.1 Å². The number of hydrogen-bond acceptors (Lipinski definition) is 4. The Bertz CT molecular complexity index is 589. The molecule has 1 fully saturated rings. The fraction of sp³-hybridized carbons (Fsp3) is 0.500. The molecule has 1 aliphatic rings. The van der Waals surface area contributed by atoms with E-state index >= 15 is 0 Å². The zero-order valence-corrected chi connectivity index (χ0v) is 13.6. The van der Waals surface area contributed by atoms with Crippen LogP contribution in [0.3, 0.4) is 0 Å². The molecule has 22 heavy (non-hydrogen) atoms. The summed E-state index contributed by atoms with van der Waals surface area (Å²) in [4.78, 5) is 29.9. The van der Waals surface area contributed by atoms with E-state index in [9.17, 15) is 9.59 Å². The van der Waals surface area contributed by atoms with Gasteiger partial charge >= 0.3 is 0 Å². The molecule has 0 unspecified atom stereocenters. The van der Waals surface area contributed by atoms with Crippen molar-refractivity contribution in [2.24, 2.45) is 10.9 Å². The summed E-state index contributed by atoms with van der Waals surface area (Å²) in [5.74, 6) is 0.599. The predicted octanol–water partition coefficient (Wildman–Crippen LogP) is 3.00. The largest absolute Gasteiger partial charge is 0.367 e. The number of isocyanates is 1. The van der Waals surface area contributed by atoms with Crippen LogP contribution in [0.5, 0.6) is 0 Å². The van der Waals surface area contributed by atoms with Gasteiger partial charge in [-0.2, -0.15) is 4.99 Å². The number of nitrogens with zero attached hydrogens (tertiary/aromatic N) is 3. The second-order valence-corrected chi connectivity index (χ2v) is 6.21. The van der Waals surface area contributed by atoms with Crippen LogP contribution in [0.15, 0.2) is 23.2 Å². The van der Waals surface area contributed by atoms with Crippen LogP contribution >= 0.6 is 11.6 Å². The van der Waals surface area contributed by atoms with E-state index in [1.54, 1.807) is 12.1 Å². The number of rotatable bonds is 4. The third-order valence-corrected chi connectivity index (χ3v) is 3.96. The molecule has 1 aromatic carbocycles. The van der Waals surface area contributed by atoms with Crippen LogP contribution in [0.1, 0.15) is 20.3 Å². The minimum absolute atomic E-state index is 0.219. The number of aliphatic imine (C=N–C) groups is 1. The van der Waals surface area contributed by atoms with Crippen LogP contribution in [0.25, 0.3) is 0 Å². The number of benzene rings is 1. The number of carbonyl (C=O) groups excluding carboxylic acids is 2. The lowest BCUT2D eigenvalue weighted by molar-refractivity contribution is -0.132. The van der Waals surface area contributed by atoms with Gasteiger partial charge in [0.05, 0.1) is 16.4 Å². The molecule has 0 aliphatic carbocycles. The Morgan fingerprint density at radius 1 is 1.32 bits per heavy atom. The number of carbonyl (C=O) groups is 1. The Morgan fingerprint density at radius 2 is 2.00 bits per heavy atom. The minimum Gasteiger partial charge on any atom is -0.367 e. The second-order valence-electron chi connectivity index (χ2n) is 5.80. The van der Waals surface area contributed by atoms with Crippen molar-refractivity contribution in [1.82, 2.24) is 4.90 Å². The van der Waals surface area contributed by atoms with Gasteiger partial charge in [-0.05, 0) is 24.1 Å². The van der Waals surface area contributed by atoms with Crippen molar-refractivity contribution < 1.29 is 9.59 Å². The molecular formula is C16H20ClN3O2. The third kappa shape index (κ3) is 4.09. The number of piperazine rings is 1. The van der Waals surface area contributed by atoms with Gasteiger partial charge in [-0.15, -0.1) is 0 Å². The molecule has 0 bridgehead atoms. The van der Waals surface area contributed by atoms with E-state index in [-0.39, 0.29) is 5.91 Å². The molecule has 0 saturated carbocycles. The molecule has 6 heteroatoms. The maximum absolute atomic E-state index is 12.1. The molecule has 1 amide bonds. The van der Waals surface area contributed by atoms with E-state index in [1.807, 2.05) is 11.0 Å². The molecule has 0 radical (unpaired) electrons. The Kier molecular flexibility index (Phi) is 5.58. The second kappa shape index (κ2) is 7.43. The maximum atomic E-state index is 12.1. The highest BCUT2D eigenvalue weighted by Gasteiger charge is 2.22. The number of halogens is 1. The fourth-order valence-corrected chi connectivity index (χ4v) is 2.84. The van der Waals surface area contributed by atoms with Crippen LogP contribution in [0.4, 0.5) is 11.4 Å². The normalized spacial score (nSPS) is 14.9. The first-order chi connectivity index (χ1) is 10.5. The first kappa shape index (κ1) is 16.5. The molecule has 0 aromatic heterocycles. The lowest BCUT2D eigenvalue weighted by Gasteiger charge is -2.36. The molecule has 118 valence electrons. The zero-order chi connectivity index (χ0) is 16.1. The lowest BCUT2D eigenvalue weighted by atomic mass is 10.1. The lowest BCUT2D eigenvalue weighted by Crippen LogP contribution is -2.49. The summed E-state index contributed by atoms with van der Waals surface area (Å²) in [5.41, 5.74) is 1.40. The van der Waals surface area contributed by atoms with Gasteiger partial charge in [-0.3, -0.25) is 4.79 Å². The van der Waals surface area contributed by atoms with Gasteiger partial charge in [-0.1, -0.05) is 25.4 Å². The summed E-state index contributed by atoms with van der Waals surface area (Å²) in [6.45, 7) is 7.01. The van der Waals surface area contributed by atoms with Crippen molar-refractivity contribution in [2.45, 2.75) is 20.3 Å². The Hall–Kier alpha value is -1.84. The predicted molar refractivity (Wildman–Crippen MR) is 87.5 cm³/mol. The van der Waals surface area contributed by atoms with Gasteiger partial charge in [0.2, 0.25) is 12.0 Å². The molecule has 1 aromatic rings. The average Bonchev–Trinajstić information content (AvgIpc) is 2.47. The fourth-order valence-electron chi connectivity index (χ4n) is 2.55. The molecule has 0 N–H and O–H groups in total. The molecule has 5 nitrogen and oxygen atoms in total. The quantitative estimate of drug-likeness (QED) is 0.633. The van der Waals surface area contributed by atoms with Crippen LogP contribution < -0.4 is 4.90 Å². The van der Waals surface area contributed by atoms with E-state index in [4.69, 9.17) is 11.6 Å². The summed E-state index contributed by atoms with van der Waals surface area (Å²) in [7, 11) is 0. The average molecular weight is 322 g/mol. The van der Waals surface area contributed by atoms with Gasteiger partial charge in [0.15, 0.2) is 0 Å². The van der Waals surface area contributed by atoms with E-state index in [2.05, 4.69) is 23.7 Å². The Labute approximate surface area is 135 Å². The van der Waals surface area contributed by atoms with Crippen LogP contribution in [-0.4, -0.2) is 43.1 Å². The summed E-state index contributed by atoms with van der Waals surface area (Å²) < 4.78 is 0. The molecule has 1 aliphatic heterocycles. The van der Waals surface area contributed by atoms with Crippen molar-refractivity contribution in [3.63, 3.8) is 0 Å². The Morgan fingerprint density at radius 3 is 2.55 bits per heavy atom. The standard InChI is InChI=1S/C16H20ClN3O2/c1-12(2)9-16(22)20-7-5-19(6-8-20)15-4-3-13(18-11-21)10-14(15)17/h3-4,10,12H,5-9H2,1-2H3. The summed E-state index contributed by atoms with van der Waals surface area (Å²) in [5, 5.41) is 0.554. The molecular weight excluding hydrogens is 302 g/mol. The minimum atomic E-state index is 0.219. The highest BCUT2D eigenvalue weighted by atomic mass is 35.5. The number of amides is 1. The van der Waals surface area contributed by atoms with Crippen molar-refractivity contribution in [2.75, 3.05) is 31.1 Å². The van der Waals surface area contributed by atoms with Crippen LogP contribution in [0.2, 0.25) is 5.02 Å². The SMILES string of the molecule is CC(C)CC(=O)N1CCN(c2ccc(N=C=O)cc2Cl)CC1. The van der Waals surface area contributed by atoms with Crippen molar-refractivity contribution >= 4 is 35.0 Å². The first-order valence-electron chi connectivity index (χ1n) is 7.41. The monoisotopic (exact) mass is 321 g/mol. The highest BCUT2D eigenvalue weighted by Crippen LogP contribution is 2.30. The summed E-state index contributed by atoms with van der Waals surface area (Å²) in [6, 6.07) is 5.24. The van der Waals surface area contributed by atoms with E-state index < -0.39 is 0 Å². The summed E-state index contributed by atoms with van der Waals surface area (Å²) in [6.07, 6.45) is 2.10. The summed E-state index contributed by atoms with van der Waals surface area (Å²) >= 11 is 6.25. The topological polar surface area (TPSA) is 53.0 Å². The van der Waals surface area contributed by atoms with Gasteiger partial charge < -0.3 is 9.80 Å². The zero-order valence-electron chi connectivity index (χ0n) is 12.9. The molecule has 0 spiro atoms. The molecule has 1 saturated heterocycles. The van der Waals surface area contributed by atoms with Crippen molar-refractivity contribution in [3.8, 4) is 0 Å². The number of hydrogen-bond donors (Lipinski definition) is 0. The van der Waals surface area contributed by atoms with Gasteiger partial charge in [0, 0.05) is 32.6 Å². The maximum Gasteiger partial charge on any atom is 0.240 e. The van der Waals surface area contributed by atoms with Gasteiger partial charge in [0.1, 0.15) is 0 Å². The Balaban J connectivity index is 2.00.